The van der Waals surface area contributed by atoms with E-state index in [-0.39, 0.29) is 16.9 Å². The first-order valence-corrected chi connectivity index (χ1v) is 5.27. The molecule has 2 rings (SSSR count). The zero-order valence-corrected chi connectivity index (χ0v) is 9.19. The molecule has 1 fully saturated rings. The monoisotopic (exact) mass is 221 g/mol. The predicted octanol–water partition coefficient (Wildman–Crippen LogP) is 1.52. The zero-order chi connectivity index (χ0) is 11.8. The Morgan fingerprint density at radius 1 is 1.50 bits per heavy atom. The summed E-state index contributed by atoms with van der Waals surface area (Å²) in [5.41, 5.74) is 6.88. The molecule has 16 heavy (non-hydrogen) atoms. The Morgan fingerprint density at radius 2 is 2.19 bits per heavy atom. The molecule has 0 unspecified atom stereocenters. The van der Waals surface area contributed by atoms with Gasteiger partial charge in [-0.3, -0.25) is 0 Å². The largest absolute Gasteiger partial charge is 0.507 e. The normalized spacial score (nSPS) is 17.6. The third-order valence-electron chi connectivity index (χ3n) is 3.22. The van der Waals surface area contributed by atoms with Crippen LogP contribution in [-0.4, -0.2) is 18.2 Å². The smallest absolute Gasteiger partial charge is 0.341 e. The van der Waals surface area contributed by atoms with Crippen LogP contribution in [0.1, 0.15) is 35.2 Å². The second-order valence-electron chi connectivity index (χ2n) is 4.23. The molecule has 0 amide bonds. The number of rotatable bonds is 2. The minimum atomic E-state index is -0.540. The lowest BCUT2D eigenvalue weighted by molar-refractivity contribution is 0.0597. The molecule has 4 heteroatoms. The van der Waals surface area contributed by atoms with Crippen LogP contribution in [-0.2, 0) is 10.3 Å². The van der Waals surface area contributed by atoms with Gasteiger partial charge in [0.05, 0.1) is 7.11 Å². The highest BCUT2D eigenvalue weighted by atomic mass is 16.5. The third kappa shape index (κ3) is 1.65. The number of benzene rings is 1. The van der Waals surface area contributed by atoms with Gasteiger partial charge in [-0.05, 0) is 37.0 Å². The van der Waals surface area contributed by atoms with E-state index in [1.54, 1.807) is 12.1 Å². The Bertz CT molecular complexity index is 424. The number of phenols is 1. The molecular formula is C12H15NO3. The molecule has 1 saturated carbocycles. The van der Waals surface area contributed by atoms with Crippen LogP contribution < -0.4 is 5.73 Å². The van der Waals surface area contributed by atoms with Crippen LogP contribution in [0.15, 0.2) is 18.2 Å². The van der Waals surface area contributed by atoms with Crippen molar-refractivity contribution in [1.29, 1.82) is 0 Å². The van der Waals surface area contributed by atoms with Gasteiger partial charge in [-0.2, -0.15) is 0 Å². The van der Waals surface area contributed by atoms with Gasteiger partial charge in [-0.25, -0.2) is 4.79 Å². The van der Waals surface area contributed by atoms with Crippen LogP contribution in [0.2, 0.25) is 0 Å². The van der Waals surface area contributed by atoms with Gasteiger partial charge in [0.1, 0.15) is 11.3 Å². The summed E-state index contributed by atoms with van der Waals surface area (Å²) in [7, 11) is 1.29. The van der Waals surface area contributed by atoms with Crippen molar-refractivity contribution in [3.05, 3.63) is 29.3 Å². The zero-order valence-electron chi connectivity index (χ0n) is 9.19. The molecule has 0 heterocycles. The van der Waals surface area contributed by atoms with Gasteiger partial charge in [0.25, 0.3) is 0 Å². The average molecular weight is 221 g/mol. The first kappa shape index (κ1) is 11.0. The first-order chi connectivity index (χ1) is 7.57. The maximum Gasteiger partial charge on any atom is 0.341 e. The summed E-state index contributed by atoms with van der Waals surface area (Å²) in [5.74, 6) is -0.610. The van der Waals surface area contributed by atoms with Crippen molar-refractivity contribution >= 4 is 5.97 Å². The molecule has 0 aliphatic heterocycles. The fourth-order valence-electron chi connectivity index (χ4n) is 1.97. The van der Waals surface area contributed by atoms with Gasteiger partial charge in [0, 0.05) is 5.54 Å². The van der Waals surface area contributed by atoms with E-state index in [0.717, 1.165) is 24.8 Å². The summed E-state index contributed by atoms with van der Waals surface area (Å²) in [4.78, 5) is 11.4. The summed E-state index contributed by atoms with van der Waals surface area (Å²) >= 11 is 0. The molecule has 1 aliphatic rings. The number of ether oxygens (including phenoxy) is 1. The number of aromatic hydroxyl groups is 1. The summed E-state index contributed by atoms with van der Waals surface area (Å²) in [6, 6.07) is 4.88. The van der Waals surface area contributed by atoms with E-state index in [2.05, 4.69) is 4.74 Å². The Labute approximate surface area is 94.0 Å². The minimum Gasteiger partial charge on any atom is -0.507 e. The number of phenolic OH excluding ortho intramolecular Hbond substituents is 1. The van der Waals surface area contributed by atoms with E-state index in [4.69, 9.17) is 5.73 Å². The number of methoxy groups -OCH3 is 1. The molecule has 4 nitrogen and oxygen atoms in total. The maximum absolute atomic E-state index is 11.4. The summed E-state index contributed by atoms with van der Waals surface area (Å²) in [6.45, 7) is 0. The van der Waals surface area contributed by atoms with Crippen molar-refractivity contribution in [2.75, 3.05) is 7.11 Å². The minimum absolute atomic E-state index is 0.0708. The quantitative estimate of drug-likeness (QED) is 0.742. The molecule has 0 bridgehead atoms. The number of hydrogen-bond acceptors (Lipinski definition) is 4. The van der Waals surface area contributed by atoms with E-state index in [9.17, 15) is 9.90 Å². The van der Waals surface area contributed by atoms with Gasteiger partial charge in [-0.15, -0.1) is 0 Å². The highest BCUT2D eigenvalue weighted by molar-refractivity contribution is 5.92. The lowest BCUT2D eigenvalue weighted by Gasteiger charge is -2.38. The second kappa shape index (κ2) is 3.79. The van der Waals surface area contributed by atoms with E-state index in [1.807, 2.05) is 0 Å². The van der Waals surface area contributed by atoms with Crippen molar-refractivity contribution in [3.8, 4) is 5.75 Å². The maximum atomic E-state index is 11.4. The molecule has 86 valence electrons. The number of hydrogen-bond donors (Lipinski definition) is 2. The topological polar surface area (TPSA) is 72.5 Å². The van der Waals surface area contributed by atoms with Gasteiger partial charge in [0.15, 0.2) is 0 Å². The molecule has 0 atom stereocenters. The van der Waals surface area contributed by atoms with Crippen molar-refractivity contribution in [2.24, 2.45) is 5.73 Å². The molecule has 1 aromatic rings. The molecule has 1 aliphatic carbocycles. The Balaban J connectivity index is 2.39. The molecular weight excluding hydrogens is 206 g/mol. The summed E-state index contributed by atoms with van der Waals surface area (Å²) in [5, 5.41) is 9.55. The number of nitrogens with two attached hydrogens (primary N) is 1. The van der Waals surface area contributed by atoms with E-state index < -0.39 is 5.97 Å². The van der Waals surface area contributed by atoms with Crippen LogP contribution in [0.4, 0.5) is 0 Å². The van der Waals surface area contributed by atoms with Crippen LogP contribution in [0, 0.1) is 0 Å². The van der Waals surface area contributed by atoms with Crippen molar-refractivity contribution < 1.29 is 14.6 Å². The first-order valence-electron chi connectivity index (χ1n) is 5.27. The van der Waals surface area contributed by atoms with Gasteiger partial charge >= 0.3 is 5.97 Å². The standard InChI is InChI=1S/C12H15NO3/c1-16-11(15)9-7-8(3-4-10(9)14)12(13)5-2-6-12/h3-4,7,14H,2,5-6,13H2,1H3. The van der Waals surface area contributed by atoms with Crippen molar-refractivity contribution in [1.82, 2.24) is 0 Å². The second-order valence-corrected chi connectivity index (χ2v) is 4.23. The molecule has 0 spiro atoms. The van der Waals surface area contributed by atoms with Crippen LogP contribution in [0.5, 0.6) is 5.75 Å². The number of esters is 1. The van der Waals surface area contributed by atoms with Crippen molar-refractivity contribution in [3.63, 3.8) is 0 Å². The summed E-state index contributed by atoms with van der Waals surface area (Å²) < 4.78 is 4.60. The van der Waals surface area contributed by atoms with Crippen LogP contribution in [0.3, 0.4) is 0 Å². The Hall–Kier alpha value is -1.55. The fraction of sp³-hybridized carbons (Fsp3) is 0.417. The molecule has 3 N–H and O–H groups in total. The van der Waals surface area contributed by atoms with Gasteiger partial charge < -0.3 is 15.6 Å². The van der Waals surface area contributed by atoms with E-state index in [1.165, 1.54) is 13.2 Å². The van der Waals surface area contributed by atoms with Gasteiger partial charge in [-0.1, -0.05) is 6.07 Å². The SMILES string of the molecule is COC(=O)c1cc(C2(N)CCC2)ccc1O. The third-order valence-corrected chi connectivity index (χ3v) is 3.22. The lowest BCUT2D eigenvalue weighted by atomic mass is 9.72. The Morgan fingerprint density at radius 3 is 2.69 bits per heavy atom. The molecule has 1 aromatic carbocycles. The number of carbonyl (C=O) groups is 1. The van der Waals surface area contributed by atoms with Crippen LogP contribution in [0.25, 0.3) is 0 Å². The number of carbonyl (C=O) groups excluding carboxylic acids is 1. The highest BCUT2D eigenvalue weighted by Gasteiger charge is 2.35. The molecule has 0 radical (unpaired) electrons. The van der Waals surface area contributed by atoms with E-state index >= 15 is 0 Å². The van der Waals surface area contributed by atoms with Crippen LogP contribution >= 0.6 is 0 Å². The fourth-order valence-corrected chi connectivity index (χ4v) is 1.97. The average Bonchev–Trinajstić information content (AvgIpc) is 2.25. The molecule has 0 aromatic heterocycles. The molecule has 0 saturated heterocycles. The summed E-state index contributed by atoms with van der Waals surface area (Å²) in [6.07, 6.45) is 2.93. The van der Waals surface area contributed by atoms with Gasteiger partial charge in [0.2, 0.25) is 0 Å². The predicted molar refractivity (Wildman–Crippen MR) is 59.2 cm³/mol. The Kier molecular flexibility index (Phi) is 2.59. The lowest BCUT2D eigenvalue weighted by Crippen LogP contribution is -2.43. The van der Waals surface area contributed by atoms with E-state index in [0.29, 0.717) is 0 Å². The van der Waals surface area contributed by atoms with Crippen molar-refractivity contribution in [2.45, 2.75) is 24.8 Å². The highest BCUT2D eigenvalue weighted by Crippen LogP contribution is 2.39.